The van der Waals surface area contributed by atoms with Crippen LogP contribution in [0.4, 0.5) is 0 Å². The molecule has 0 unspecified atom stereocenters. The number of hydrogen-bond donors (Lipinski definition) is 0. The Labute approximate surface area is 291 Å². The first kappa shape index (κ1) is 27.9. The molecular formula is C45H27N5O. The molecule has 6 heteroatoms. The lowest BCUT2D eigenvalue weighted by Gasteiger charge is -2.11. The number of hydrogen-bond acceptors (Lipinski definition) is 4. The Bertz CT molecular complexity index is 3100. The highest BCUT2D eigenvalue weighted by Gasteiger charge is 2.20. The Balaban J connectivity index is 1.17. The van der Waals surface area contributed by atoms with Gasteiger partial charge in [-0.05, 0) is 54.6 Å². The fraction of sp³-hybridized carbons (Fsp3) is 0. The first-order chi connectivity index (χ1) is 25.3. The third-order valence-corrected chi connectivity index (χ3v) is 9.99. The molecule has 11 rings (SSSR count). The number of furan rings is 1. The lowest BCUT2D eigenvalue weighted by molar-refractivity contribution is 0.669. The number of rotatable bonds is 4. The number of aromatic nitrogens is 5. The molecule has 4 aromatic heterocycles. The minimum absolute atomic E-state index is 0.581. The van der Waals surface area contributed by atoms with Crippen LogP contribution >= 0.6 is 0 Å². The molecule has 0 spiro atoms. The maximum Gasteiger partial charge on any atom is 0.238 e. The fourth-order valence-electron chi connectivity index (χ4n) is 7.76. The minimum Gasteiger partial charge on any atom is -0.456 e. The maximum absolute atomic E-state index is 6.30. The van der Waals surface area contributed by atoms with Gasteiger partial charge in [-0.15, -0.1) is 0 Å². The van der Waals surface area contributed by atoms with E-state index < -0.39 is 0 Å². The van der Waals surface area contributed by atoms with Gasteiger partial charge in [-0.25, -0.2) is 4.98 Å². The normalized spacial score (nSPS) is 11.9. The zero-order valence-electron chi connectivity index (χ0n) is 27.2. The number of nitrogens with zero attached hydrogens (tertiary/aromatic N) is 5. The Morgan fingerprint density at radius 2 is 0.922 bits per heavy atom. The van der Waals surface area contributed by atoms with Gasteiger partial charge >= 0.3 is 0 Å². The van der Waals surface area contributed by atoms with Crippen LogP contribution in [0.15, 0.2) is 168 Å². The molecule has 4 heterocycles. The predicted octanol–water partition coefficient (Wildman–Crippen LogP) is 11.3. The van der Waals surface area contributed by atoms with E-state index >= 15 is 0 Å². The van der Waals surface area contributed by atoms with E-state index in [1.54, 1.807) is 0 Å². The van der Waals surface area contributed by atoms with E-state index in [1.165, 1.54) is 0 Å². The highest BCUT2D eigenvalue weighted by atomic mass is 16.3. The second-order valence-corrected chi connectivity index (χ2v) is 12.9. The second kappa shape index (κ2) is 10.7. The van der Waals surface area contributed by atoms with Crippen LogP contribution in [0, 0.1) is 0 Å². The highest BCUT2D eigenvalue weighted by Crippen LogP contribution is 2.40. The maximum atomic E-state index is 6.30. The van der Waals surface area contributed by atoms with Crippen LogP contribution in [0.25, 0.3) is 100.0 Å². The monoisotopic (exact) mass is 653 g/mol. The van der Waals surface area contributed by atoms with Crippen LogP contribution in [0.5, 0.6) is 0 Å². The summed E-state index contributed by atoms with van der Waals surface area (Å²) in [7, 11) is 0. The Kier molecular flexibility index (Phi) is 5.86. The average molecular weight is 654 g/mol. The van der Waals surface area contributed by atoms with Crippen molar-refractivity contribution in [1.29, 1.82) is 0 Å². The zero-order valence-corrected chi connectivity index (χ0v) is 27.2. The molecule has 0 saturated carbocycles. The van der Waals surface area contributed by atoms with Crippen molar-refractivity contribution in [3.63, 3.8) is 0 Å². The second-order valence-electron chi connectivity index (χ2n) is 12.9. The summed E-state index contributed by atoms with van der Waals surface area (Å²) in [6.45, 7) is 0. The van der Waals surface area contributed by atoms with Gasteiger partial charge in [0.1, 0.15) is 11.2 Å². The first-order valence-electron chi connectivity index (χ1n) is 17.0. The van der Waals surface area contributed by atoms with Crippen LogP contribution in [-0.2, 0) is 0 Å². The number of benzene rings is 7. The molecule has 0 aliphatic carbocycles. The van der Waals surface area contributed by atoms with Crippen LogP contribution in [0.3, 0.4) is 0 Å². The molecule has 0 N–H and O–H groups in total. The van der Waals surface area contributed by atoms with Gasteiger partial charge in [-0.2, -0.15) is 9.97 Å². The highest BCUT2D eigenvalue weighted by molar-refractivity contribution is 6.15. The molecule has 0 bridgehead atoms. The van der Waals surface area contributed by atoms with Gasteiger partial charge < -0.3 is 8.98 Å². The summed E-state index contributed by atoms with van der Waals surface area (Å²) in [6, 6.07) is 56.7. The van der Waals surface area contributed by atoms with Gasteiger partial charge in [0, 0.05) is 38.1 Å². The van der Waals surface area contributed by atoms with E-state index in [-0.39, 0.29) is 0 Å². The van der Waals surface area contributed by atoms with Gasteiger partial charge in [-0.3, -0.25) is 4.57 Å². The van der Waals surface area contributed by atoms with Crippen molar-refractivity contribution in [2.75, 3.05) is 0 Å². The van der Waals surface area contributed by atoms with E-state index in [2.05, 4.69) is 124 Å². The smallest absolute Gasteiger partial charge is 0.238 e. The van der Waals surface area contributed by atoms with Gasteiger partial charge in [0.05, 0.1) is 33.1 Å². The van der Waals surface area contributed by atoms with Crippen molar-refractivity contribution in [2.45, 2.75) is 0 Å². The van der Waals surface area contributed by atoms with Crippen LogP contribution < -0.4 is 0 Å². The number of fused-ring (bicyclic) bond motifs is 9. The average Bonchev–Trinajstić information content (AvgIpc) is 3.86. The third kappa shape index (κ3) is 4.14. The quantitative estimate of drug-likeness (QED) is 0.190. The van der Waals surface area contributed by atoms with Crippen LogP contribution in [0.1, 0.15) is 0 Å². The molecule has 7 aromatic carbocycles. The molecule has 0 radical (unpaired) electrons. The summed E-state index contributed by atoms with van der Waals surface area (Å²) >= 11 is 0. The van der Waals surface area contributed by atoms with E-state index in [0.717, 1.165) is 82.4 Å². The minimum atomic E-state index is 0.581. The largest absolute Gasteiger partial charge is 0.456 e. The lowest BCUT2D eigenvalue weighted by Crippen LogP contribution is -2.06. The molecule has 0 fully saturated rings. The van der Waals surface area contributed by atoms with Gasteiger partial charge in [0.25, 0.3) is 0 Å². The van der Waals surface area contributed by atoms with E-state index in [4.69, 9.17) is 19.4 Å². The van der Waals surface area contributed by atoms with Crippen molar-refractivity contribution < 1.29 is 4.42 Å². The molecule has 0 aliphatic rings. The van der Waals surface area contributed by atoms with Gasteiger partial charge in [-0.1, -0.05) is 109 Å². The van der Waals surface area contributed by atoms with Crippen LogP contribution in [0.2, 0.25) is 0 Å². The van der Waals surface area contributed by atoms with E-state index in [9.17, 15) is 0 Å². The summed E-state index contributed by atoms with van der Waals surface area (Å²) in [5, 5.41) is 6.78. The summed E-state index contributed by atoms with van der Waals surface area (Å²) in [5.41, 5.74) is 8.99. The SMILES string of the molecule is c1ccc(-c2nc(-c3ccc4c(c3)c3ccccc3n4-c3cccc4oc5ccccc5c34)nc(-n3c4ccccc4c4ccccc43)n2)cc1. The van der Waals surface area contributed by atoms with Gasteiger partial charge in [0.2, 0.25) is 5.95 Å². The summed E-state index contributed by atoms with van der Waals surface area (Å²) < 4.78 is 10.8. The summed E-state index contributed by atoms with van der Waals surface area (Å²) in [5.74, 6) is 1.82. The van der Waals surface area contributed by atoms with Crippen LogP contribution in [-0.4, -0.2) is 24.1 Å². The Hall–Kier alpha value is -7.05. The van der Waals surface area contributed by atoms with E-state index in [0.29, 0.717) is 17.6 Å². The van der Waals surface area contributed by atoms with Crippen molar-refractivity contribution in [1.82, 2.24) is 24.1 Å². The fourth-order valence-corrected chi connectivity index (χ4v) is 7.76. The first-order valence-corrected chi connectivity index (χ1v) is 17.0. The summed E-state index contributed by atoms with van der Waals surface area (Å²) in [4.78, 5) is 15.4. The predicted molar refractivity (Wildman–Crippen MR) is 207 cm³/mol. The van der Waals surface area contributed by atoms with Crippen molar-refractivity contribution in [3.05, 3.63) is 164 Å². The molecule has 238 valence electrons. The zero-order chi connectivity index (χ0) is 33.5. The van der Waals surface area contributed by atoms with Crippen molar-refractivity contribution in [3.8, 4) is 34.4 Å². The lowest BCUT2D eigenvalue weighted by atomic mass is 10.1. The standard InChI is InChI=1S/C45H27N5O/c1-2-13-28(14-3-1)43-46-44(48-45(47-43)50-36-20-9-4-15-30(36)31-16-5-10-21-37(31)50)29-25-26-38-34(27-29)32-17-6-8-19-35(32)49(38)39-22-12-24-41-42(39)33-18-7-11-23-40(33)51-41/h1-27H. The molecule has 0 aliphatic heterocycles. The molecule has 11 aromatic rings. The molecular weight excluding hydrogens is 627 g/mol. The third-order valence-electron chi connectivity index (χ3n) is 9.99. The molecule has 0 amide bonds. The Morgan fingerprint density at radius 3 is 1.65 bits per heavy atom. The van der Waals surface area contributed by atoms with Crippen molar-refractivity contribution >= 4 is 65.6 Å². The van der Waals surface area contributed by atoms with Crippen molar-refractivity contribution in [2.24, 2.45) is 0 Å². The van der Waals surface area contributed by atoms with Gasteiger partial charge in [0.15, 0.2) is 11.6 Å². The van der Waals surface area contributed by atoms with E-state index in [1.807, 2.05) is 48.5 Å². The molecule has 51 heavy (non-hydrogen) atoms. The number of para-hydroxylation sites is 4. The molecule has 0 saturated heterocycles. The Morgan fingerprint density at radius 1 is 0.373 bits per heavy atom. The topological polar surface area (TPSA) is 61.7 Å². The summed E-state index contributed by atoms with van der Waals surface area (Å²) in [6.07, 6.45) is 0. The molecule has 6 nitrogen and oxygen atoms in total. The molecule has 0 atom stereocenters.